The zero-order valence-corrected chi connectivity index (χ0v) is 9.30. The molecule has 1 rings (SSSR count). The Morgan fingerprint density at radius 2 is 1.92 bits per heavy atom. The van der Waals surface area contributed by atoms with E-state index in [1.807, 2.05) is 7.05 Å². The zero-order chi connectivity index (χ0) is 10.1. The molecule has 1 fully saturated rings. The molecule has 0 heterocycles. The van der Waals surface area contributed by atoms with Crippen LogP contribution in [-0.2, 0) is 0 Å². The predicted molar refractivity (Wildman–Crippen MR) is 55.7 cm³/mol. The Bertz CT molecular complexity index is 167. The van der Waals surface area contributed by atoms with Crippen molar-refractivity contribution in [2.24, 2.45) is 11.8 Å². The van der Waals surface area contributed by atoms with Crippen LogP contribution in [0.3, 0.4) is 0 Å². The highest BCUT2D eigenvalue weighted by Crippen LogP contribution is 2.35. The van der Waals surface area contributed by atoms with Gasteiger partial charge in [0.05, 0.1) is 6.10 Å². The van der Waals surface area contributed by atoms with E-state index in [1.165, 1.54) is 6.42 Å². The molecule has 78 valence electrons. The molecule has 0 aromatic rings. The van der Waals surface area contributed by atoms with Gasteiger partial charge in [-0.05, 0) is 39.7 Å². The maximum Gasteiger partial charge on any atom is 0.0588 e. The highest BCUT2D eigenvalue weighted by Gasteiger charge is 2.36. The highest BCUT2D eigenvalue weighted by molar-refractivity contribution is 4.92. The van der Waals surface area contributed by atoms with Crippen molar-refractivity contribution in [2.45, 2.75) is 51.7 Å². The van der Waals surface area contributed by atoms with Gasteiger partial charge in [0.15, 0.2) is 0 Å². The van der Waals surface area contributed by atoms with E-state index in [9.17, 15) is 5.11 Å². The van der Waals surface area contributed by atoms with E-state index in [0.717, 1.165) is 12.8 Å². The van der Waals surface area contributed by atoms with Crippen molar-refractivity contribution in [3.63, 3.8) is 0 Å². The van der Waals surface area contributed by atoms with E-state index in [-0.39, 0.29) is 11.6 Å². The Hall–Kier alpha value is -0.0800. The van der Waals surface area contributed by atoms with Gasteiger partial charge < -0.3 is 10.4 Å². The minimum Gasteiger partial charge on any atom is -0.393 e. The zero-order valence-electron chi connectivity index (χ0n) is 9.30. The van der Waals surface area contributed by atoms with Crippen molar-refractivity contribution in [1.82, 2.24) is 5.32 Å². The van der Waals surface area contributed by atoms with Crippen LogP contribution in [0.25, 0.3) is 0 Å². The molecule has 3 unspecified atom stereocenters. The maximum absolute atomic E-state index is 9.97. The van der Waals surface area contributed by atoms with E-state index in [1.54, 1.807) is 0 Å². The van der Waals surface area contributed by atoms with Crippen LogP contribution in [0.15, 0.2) is 0 Å². The van der Waals surface area contributed by atoms with Crippen molar-refractivity contribution >= 4 is 0 Å². The Labute approximate surface area is 81.7 Å². The van der Waals surface area contributed by atoms with Crippen molar-refractivity contribution < 1.29 is 5.11 Å². The summed E-state index contributed by atoms with van der Waals surface area (Å²) in [4.78, 5) is 0. The molecule has 0 bridgehead atoms. The summed E-state index contributed by atoms with van der Waals surface area (Å²) in [7, 11) is 1.98. The fourth-order valence-corrected chi connectivity index (χ4v) is 2.38. The van der Waals surface area contributed by atoms with Gasteiger partial charge in [-0.2, -0.15) is 0 Å². The largest absolute Gasteiger partial charge is 0.393 e. The summed E-state index contributed by atoms with van der Waals surface area (Å²) in [5, 5.41) is 13.3. The van der Waals surface area contributed by atoms with Crippen LogP contribution >= 0.6 is 0 Å². The molecule has 0 spiro atoms. The van der Waals surface area contributed by atoms with Crippen LogP contribution in [0, 0.1) is 11.8 Å². The quantitative estimate of drug-likeness (QED) is 0.687. The lowest BCUT2D eigenvalue weighted by Crippen LogP contribution is -2.50. The Morgan fingerprint density at radius 1 is 1.31 bits per heavy atom. The number of aliphatic hydroxyl groups excluding tert-OH is 1. The molecular formula is C11H23NO. The summed E-state index contributed by atoms with van der Waals surface area (Å²) in [5.41, 5.74) is 0.0690. The molecule has 2 nitrogen and oxygen atoms in total. The maximum atomic E-state index is 9.97. The minimum absolute atomic E-state index is 0.0690. The van der Waals surface area contributed by atoms with Gasteiger partial charge in [0.2, 0.25) is 0 Å². The molecule has 13 heavy (non-hydrogen) atoms. The first-order valence-electron chi connectivity index (χ1n) is 5.34. The van der Waals surface area contributed by atoms with Crippen molar-refractivity contribution in [3.05, 3.63) is 0 Å². The third kappa shape index (κ3) is 2.44. The molecule has 1 saturated carbocycles. The molecule has 1 aliphatic rings. The van der Waals surface area contributed by atoms with Crippen LogP contribution in [0.2, 0.25) is 0 Å². The van der Waals surface area contributed by atoms with E-state index in [4.69, 9.17) is 0 Å². The van der Waals surface area contributed by atoms with Crippen LogP contribution in [-0.4, -0.2) is 23.8 Å². The summed E-state index contributed by atoms with van der Waals surface area (Å²) in [5.74, 6) is 1.10. The number of hydrogen-bond acceptors (Lipinski definition) is 2. The SMILES string of the molecule is CNC(C)(C)C1CCC(C)CC1O. The Kier molecular flexibility index (Phi) is 3.36. The summed E-state index contributed by atoms with van der Waals surface area (Å²) < 4.78 is 0. The van der Waals surface area contributed by atoms with Gasteiger partial charge in [-0.15, -0.1) is 0 Å². The summed E-state index contributed by atoms with van der Waals surface area (Å²) in [6, 6.07) is 0. The average molecular weight is 185 g/mol. The Morgan fingerprint density at radius 3 is 2.38 bits per heavy atom. The molecule has 0 aromatic heterocycles. The standard InChI is InChI=1S/C11H23NO/c1-8-5-6-9(10(13)7-8)11(2,3)12-4/h8-10,12-13H,5-7H2,1-4H3. The first-order valence-corrected chi connectivity index (χ1v) is 5.34. The monoisotopic (exact) mass is 185 g/mol. The van der Waals surface area contributed by atoms with Crippen LogP contribution < -0.4 is 5.32 Å². The van der Waals surface area contributed by atoms with Crippen molar-refractivity contribution in [3.8, 4) is 0 Å². The molecule has 1 aliphatic carbocycles. The van der Waals surface area contributed by atoms with Gasteiger partial charge in [0.1, 0.15) is 0 Å². The first-order chi connectivity index (χ1) is 5.97. The van der Waals surface area contributed by atoms with Crippen LogP contribution in [0.4, 0.5) is 0 Å². The Balaban J connectivity index is 2.60. The average Bonchev–Trinajstić information content (AvgIpc) is 2.03. The minimum atomic E-state index is -0.119. The number of hydrogen-bond donors (Lipinski definition) is 2. The van der Waals surface area contributed by atoms with Gasteiger partial charge >= 0.3 is 0 Å². The van der Waals surface area contributed by atoms with Gasteiger partial charge in [-0.25, -0.2) is 0 Å². The number of nitrogens with one attached hydrogen (secondary N) is 1. The summed E-state index contributed by atoms with van der Waals surface area (Å²) >= 11 is 0. The topological polar surface area (TPSA) is 32.3 Å². The highest BCUT2D eigenvalue weighted by atomic mass is 16.3. The van der Waals surface area contributed by atoms with E-state index >= 15 is 0 Å². The van der Waals surface area contributed by atoms with Gasteiger partial charge in [-0.3, -0.25) is 0 Å². The smallest absolute Gasteiger partial charge is 0.0588 e. The van der Waals surface area contributed by atoms with Crippen molar-refractivity contribution in [1.29, 1.82) is 0 Å². The molecule has 3 atom stereocenters. The van der Waals surface area contributed by atoms with E-state index in [0.29, 0.717) is 11.8 Å². The molecular weight excluding hydrogens is 162 g/mol. The van der Waals surface area contributed by atoms with Crippen LogP contribution in [0.1, 0.15) is 40.0 Å². The molecule has 0 amide bonds. The second kappa shape index (κ2) is 3.97. The van der Waals surface area contributed by atoms with Crippen LogP contribution in [0.5, 0.6) is 0 Å². The predicted octanol–water partition coefficient (Wildman–Crippen LogP) is 1.78. The van der Waals surface area contributed by atoms with E-state index < -0.39 is 0 Å². The van der Waals surface area contributed by atoms with Gasteiger partial charge in [0, 0.05) is 11.5 Å². The molecule has 2 heteroatoms. The van der Waals surface area contributed by atoms with Gasteiger partial charge in [0.25, 0.3) is 0 Å². The first kappa shape index (κ1) is 11.0. The van der Waals surface area contributed by atoms with Gasteiger partial charge in [-0.1, -0.05) is 13.3 Å². The molecule has 0 radical (unpaired) electrons. The lowest BCUT2D eigenvalue weighted by atomic mass is 9.72. The normalized spacial score (nSPS) is 36.2. The fourth-order valence-electron chi connectivity index (χ4n) is 2.38. The molecule has 0 aliphatic heterocycles. The fraction of sp³-hybridized carbons (Fsp3) is 1.00. The molecule has 2 N–H and O–H groups in total. The second-order valence-corrected chi connectivity index (χ2v) is 5.06. The number of aliphatic hydroxyl groups is 1. The number of rotatable bonds is 2. The summed E-state index contributed by atoms with van der Waals surface area (Å²) in [6.07, 6.45) is 3.25. The lowest BCUT2D eigenvalue weighted by Gasteiger charge is -2.41. The lowest BCUT2D eigenvalue weighted by molar-refractivity contribution is 0.00833. The summed E-state index contributed by atoms with van der Waals surface area (Å²) in [6.45, 7) is 6.58. The third-order valence-corrected chi connectivity index (χ3v) is 3.65. The van der Waals surface area contributed by atoms with E-state index in [2.05, 4.69) is 26.1 Å². The van der Waals surface area contributed by atoms with Crippen molar-refractivity contribution in [2.75, 3.05) is 7.05 Å². The second-order valence-electron chi connectivity index (χ2n) is 5.06. The third-order valence-electron chi connectivity index (χ3n) is 3.65. The molecule has 0 saturated heterocycles. The molecule has 0 aromatic carbocycles.